The van der Waals surface area contributed by atoms with Crippen molar-refractivity contribution in [2.24, 2.45) is 0 Å². The summed E-state index contributed by atoms with van der Waals surface area (Å²) >= 11 is 0. The molecule has 0 atom stereocenters. The monoisotopic (exact) mass is 729 g/mol. The zero-order valence-electron chi connectivity index (χ0n) is 16.5. The van der Waals surface area contributed by atoms with E-state index in [-0.39, 0.29) is 293 Å². The van der Waals surface area contributed by atoms with Crippen LogP contribution in [0, 0.1) is 96.5 Å². The van der Waals surface area contributed by atoms with Crippen molar-refractivity contribution < 1.29 is 196 Å². The number of hydrogen-bond acceptors (Lipinski definition) is 0. The van der Waals surface area contributed by atoms with Crippen molar-refractivity contribution in [2.75, 3.05) is 0 Å². The summed E-state index contributed by atoms with van der Waals surface area (Å²) in [6.45, 7) is 0. The van der Waals surface area contributed by atoms with Crippen LogP contribution in [-0.2, 0) is 196 Å². The molecule has 0 saturated carbocycles. The molecule has 0 amide bonds. The van der Waals surface area contributed by atoms with Crippen LogP contribution in [-0.4, -0.2) is 0 Å². The van der Waals surface area contributed by atoms with Crippen molar-refractivity contribution >= 4 is 0 Å². The summed E-state index contributed by atoms with van der Waals surface area (Å²) in [7, 11) is 0. The van der Waals surface area contributed by atoms with Crippen LogP contribution in [0.4, 0.5) is 0 Å². The zero-order valence-corrected chi connectivity index (χ0v) is 33.5. The molecule has 0 saturated heterocycles. The van der Waals surface area contributed by atoms with Gasteiger partial charge in [0.15, 0.2) is 0 Å². The van der Waals surface area contributed by atoms with Gasteiger partial charge in [-0.15, -0.1) is 0 Å². The molecule has 0 aliphatic heterocycles. The van der Waals surface area contributed by atoms with E-state index in [1.807, 2.05) is 0 Å². The molecule has 0 spiro atoms. The fourth-order valence-electron chi connectivity index (χ4n) is 0. The summed E-state index contributed by atoms with van der Waals surface area (Å²) in [5.41, 5.74) is 0. The predicted octanol–water partition coefficient (Wildman–Crippen LogP) is 5.84. The van der Waals surface area contributed by atoms with Crippen LogP contribution in [0.25, 0.3) is 0 Å². The van der Waals surface area contributed by atoms with Gasteiger partial charge in [-0.2, -0.15) is 0 Å². The minimum absolute atomic E-state index is 0. The van der Waals surface area contributed by atoms with Crippen molar-refractivity contribution in [2.45, 2.75) is 0 Å². The van der Waals surface area contributed by atoms with Gasteiger partial charge < -0.3 is 96.5 Å². The second-order valence-electron chi connectivity index (χ2n) is 0. The third-order valence-corrected chi connectivity index (χ3v) is 0. The molecule has 0 aliphatic rings. The molecule has 19 heavy (non-hydrogen) atoms. The Balaban J connectivity index is 0. The molecule has 6 heteroatoms. The van der Waals surface area contributed by atoms with E-state index in [0.29, 0.717) is 0 Å². The molecule has 6 radical (unpaired) electrons. The maximum atomic E-state index is 0. The van der Waals surface area contributed by atoms with E-state index in [9.17, 15) is 0 Å². The SMILES string of the molecule is [CH3-].[CH3-].[CH3-].[CH3-].[CH3-].[CH3-].[CH3-].[CH3-].[CH3-].[CH3-].[CH3-].[CH3-].[CH3-].[Y].[Y].[Y].[Y].[Y].[Y]. The summed E-state index contributed by atoms with van der Waals surface area (Å²) in [5.74, 6) is 0. The maximum Gasteiger partial charge on any atom is 0 e. The Morgan fingerprint density at radius 2 is 0.105 bits per heavy atom. The predicted molar refractivity (Wildman–Crippen MR) is 83.4 cm³/mol. The van der Waals surface area contributed by atoms with Crippen LogP contribution in [0.2, 0.25) is 0 Å². The first-order valence-corrected chi connectivity index (χ1v) is 0. The van der Waals surface area contributed by atoms with Crippen molar-refractivity contribution in [1.82, 2.24) is 0 Å². The van der Waals surface area contributed by atoms with Gasteiger partial charge in [-0.3, -0.25) is 0 Å². The molecule has 0 aliphatic carbocycles. The third-order valence-electron chi connectivity index (χ3n) is 0. The van der Waals surface area contributed by atoms with Crippen LogP contribution in [0.5, 0.6) is 0 Å². The van der Waals surface area contributed by atoms with E-state index < -0.39 is 0 Å². The summed E-state index contributed by atoms with van der Waals surface area (Å²) in [6, 6.07) is 0. The van der Waals surface area contributed by atoms with Crippen LogP contribution in [0.1, 0.15) is 0 Å². The molecule has 122 valence electrons. The second-order valence-corrected chi connectivity index (χ2v) is 0. The molecule has 0 N–H and O–H groups in total. The topological polar surface area (TPSA) is 0 Å². The maximum absolute atomic E-state index is 0. The van der Waals surface area contributed by atoms with Crippen molar-refractivity contribution in [3.63, 3.8) is 0 Å². The van der Waals surface area contributed by atoms with Crippen molar-refractivity contribution in [3.8, 4) is 0 Å². The summed E-state index contributed by atoms with van der Waals surface area (Å²) in [4.78, 5) is 0. The molecule has 0 nitrogen and oxygen atoms in total. The Morgan fingerprint density at radius 3 is 0.105 bits per heavy atom. The summed E-state index contributed by atoms with van der Waals surface area (Å²) in [6.07, 6.45) is 0. The quantitative estimate of drug-likeness (QED) is 0.276. The molecule has 0 aromatic carbocycles. The van der Waals surface area contributed by atoms with Gasteiger partial charge in [0.2, 0.25) is 0 Å². The Bertz CT molecular complexity index is 17.1. The zero-order chi connectivity index (χ0) is 0. The van der Waals surface area contributed by atoms with E-state index in [4.69, 9.17) is 0 Å². The van der Waals surface area contributed by atoms with Gasteiger partial charge in [0.25, 0.3) is 0 Å². The standard InChI is InChI=1S/13CH3.6Y/h13*1H3;;;;;;/q13*-1;;;;;;. The molecule has 0 rings (SSSR count). The first-order valence-electron chi connectivity index (χ1n) is 0. The number of rotatable bonds is 0. The van der Waals surface area contributed by atoms with E-state index in [1.165, 1.54) is 0 Å². The van der Waals surface area contributed by atoms with E-state index >= 15 is 0 Å². The third kappa shape index (κ3) is 287. The van der Waals surface area contributed by atoms with Gasteiger partial charge in [0, 0.05) is 196 Å². The van der Waals surface area contributed by atoms with Crippen molar-refractivity contribution in [3.05, 3.63) is 96.5 Å². The second kappa shape index (κ2) is 313. The van der Waals surface area contributed by atoms with Crippen LogP contribution in [0.3, 0.4) is 0 Å². The minimum atomic E-state index is 0. The average Bonchev–Trinajstić information content (AvgIpc) is 0. The van der Waals surface area contributed by atoms with Crippen LogP contribution < -0.4 is 0 Å². The minimum Gasteiger partial charge on any atom is -0.358 e. The van der Waals surface area contributed by atoms with Crippen LogP contribution >= 0.6 is 0 Å². The van der Waals surface area contributed by atoms with Gasteiger partial charge in [-0.1, -0.05) is 0 Å². The fraction of sp³-hybridized carbons (Fsp3) is 0. The number of hydrogen-bond donors (Lipinski definition) is 0. The molecule has 0 fully saturated rings. The fourth-order valence-corrected chi connectivity index (χ4v) is 0. The van der Waals surface area contributed by atoms with Crippen molar-refractivity contribution in [1.29, 1.82) is 0 Å². The molecule has 0 aromatic heterocycles. The summed E-state index contributed by atoms with van der Waals surface area (Å²) in [5, 5.41) is 0. The Kier molecular flexibility index (Phi) is 5840. The average molecular weight is 729 g/mol. The van der Waals surface area contributed by atoms with Gasteiger partial charge in [-0.05, 0) is 0 Å². The van der Waals surface area contributed by atoms with Gasteiger partial charge in [-0.25, -0.2) is 0 Å². The van der Waals surface area contributed by atoms with Gasteiger partial charge in [0.1, 0.15) is 0 Å². The molecule has 0 aromatic rings. The Hall–Kier alpha value is 6.62. The van der Waals surface area contributed by atoms with Gasteiger partial charge in [0.05, 0.1) is 0 Å². The smallest absolute Gasteiger partial charge is 0 e. The summed E-state index contributed by atoms with van der Waals surface area (Å²) < 4.78 is 0. The van der Waals surface area contributed by atoms with Crippen LogP contribution in [0.15, 0.2) is 0 Å². The van der Waals surface area contributed by atoms with Gasteiger partial charge >= 0.3 is 0 Å². The molecular weight excluding hydrogens is 690 g/mol. The Morgan fingerprint density at radius 1 is 0.105 bits per heavy atom. The molecule has 0 heterocycles. The normalized spacial score (nSPS) is 0. The Labute approximate surface area is 285 Å². The molecular formula is C13H39Y6-13. The first kappa shape index (κ1) is 354. The largest absolute Gasteiger partial charge is 0.358 e. The van der Waals surface area contributed by atoms with E-state index in [0.717, 1.165) is 0 Å². The van der Waals surface area contributed by atoms with E-state index in [1.54, 1.807) is 0 Å². The molecule has 0 unspecified atom stereocenters. The molecule has 0 bridgehead atoms. The van der Waals surface area contributed by atoms with E-state index in [2.05, 4.69) is 0 Å². The first-order chi connectivity index (χ1) is 0.